The van der Waals surface area contributed by atoms with E-state index in [9.17, 15) is 0 Å². The van der Waals surface area contributed by atoms with Gasteiger partial charge in [0, 0.05) is 31.4 Å². The minimum absolute atomic E-state index is 0.784. The Hall–Kier alpha value is -0.830. The number of nitrogens with zero attached hydrogens (tertiary/aromatic N) is 3. The first-order valence-corrected chi connectivity index (χ1v) is 6.01. The molecule has 82 valence electrons. The van der Waals surface area contributed by atoms with Crippen molar-refractivity contribution in [2.75, 3.05) is 23.9 Å². The second-order valence-corrected chi connectivity index (χ2v) is 4.33. The molecular weight excluding hydrogens is 210 g/mol. The van der Waals surface area contributed by atoms with Gasteiger partial charge in [-0.05, 0) is 31.2 Å². The highest BCUT2D eigenvalue weighted by atomic mass is 35.5. The van der Waals surface area contributed by atoms with Gasteiger partial charge in [-0.15, -0.1) is 11.6 Å². The molecule has 0 amide bonds. The Morgan fingerprint density at radius 3 is 2.53 bits per heavy atom. The number of hydrogen-bond donors (Lipinski definition) is 0. The summed E-state index contributed by atoms with van der Waals surface area (Å²) in [5.74, 6) is 2.44. The van der Waals surface area contributed by atoms with Crippen molar-refractivity contribution in [1.82, 2.24) is 9.97 Å². The van der Waals surface area contributed by atoms with Crippen molar-refractivity contribution in [2.45, 2.75) is 19.3 Å². The number of aromatic nitrogens is 2. The Bertz CT molecular complexity index is 283. The van der Waals surface area contributed by atoms with Gasteiger partial charge in [-0.2, -0.15) is 0 Å². The van der Waals surface area contributed by atoms with Gasteiger partial charge in [0.15, 0.2) is 0 Å². The number of halogens is 1. The normalized spacial score (nSPS) is 18.1. The molecule has 2 heterocycles. The van der Waals surface area contributed by atoms with Gasteiger partial charge in [0.05, 0.1) is 0 Å². The van der Waals surface area contributed by atoms with Crippen LogP contribution in [0.4, 0.5) is 5.95 Å². The van der Waals surface area contributed by atoms with Crippen LogP contribution in [0, 0.1) is 5.92 Å². The number of anilines is 1. The summed E-state index contributed by atoms with van der Waals surface area (Å²) in [6.45, 7) is 2.12. The zero-order valence-electron chi connectivity index (χ0n) is 8.77. The third-order valence-corrected chi connectivity index (χ3v) is 3.19. The third kappa shape index (κ3) is 2.81. The molecular formula is C11H16ClN3. The lowest BCUT2D eigenvalue weighted by molar-refractivity contribution is 0.394. The van der Waals surface area contributed by atoms with Crippen molar-refractivity contribution in [3.63, 3.8) is 0 Å². The van der Waals surface area contributed by atoms with E-state index in [1.54, 1.807) is 12.4 Å². The van der Waals surface area contributed by atoms with Crippen LogP contribution in [0.15, 0.2) is 18.5 Å². The zero-order valence-corrected chi connectivity index (χ0v) is 9.53. The largest absolute Gasteiger partial charge is 0.341 e. The van der Waals surface area contributed by atoms with E-state index in [0.717, 1.165) is 37.3 Å². The molecule has 1 aliphatic rings. The van der Waals surface area contributed by atoms with Crippen LogP contribution >= 0.6 is 11.6 Å². The average molecular weight is 226 g/mol. The van der Waals surface area contributed by atoms with Crippen LogP contribution in [0.25, 0.3) is 0 Å². The molecule has 3 nitrogen and oxygen atoms in total. The maximum absolute atomic E-state index is 5.75. The third-order valence-electron chi connectivity index (χ3n) is 2.97. The highest BCUT2D eigenvalue weighted by Crippen LogP contribution is 2.22. The summed E-state index contributed by atoms with van der Waals surface area (Å²) in [5, 5.41) is 0. The molecule has 0 atom stereocenters. The topological polar surface area (TPSA) is 29.0 Å². The van der Waals surface area contributed by atoms with E-state index in [1.807, 2.05) is 6.07 Å². The molecule has 0 N–H and O–H groups in total. The summed E-state index contributed by atoms with van der Waals surface area (Å²) in [6.07, 6.45) is 7.17. The van der Waals surface area contributed by atoms with Crippen LogP contribution in [0.1, 0.15) is 19.3 Å². The summed E-state index contributed by atoms with van der Waals surface area (Å²) in [4.78, 5) is 10.8. The first kappa shape index (κ1) is 10.7. The van der Waals surface area contributed by atoms with Gasteiger partial charge < -0.3 is 4.90 Å². The Kier molecular flexibility index (Phi) is 3.78. The smallest absolute Gasteiger partial charge is 0.225 e. The monoisotopic (exact) mass is 225 g/mol. The Balaban J connectivity index is 1.88. The molecule has 1 saturated heterocycles. The van der Waals surface area contributed by atoms with Gasteiger partial charge in [-0.3, -0.25) is 0 Å². The molecule has 0 spiro atoms. The molecule has 0 aromatic carbocycles. The summed E-state index contributed by atoms with van der Waals surface area (Å²) in [6, 6.07) is 1.85. The van der Waals surface area contributed by atoms with Crippen LogP contribution in [-0.2, 0) is 0 Å². The second-order valence-electron chi connectivity index (χ2n) is 3.96. The predicted molar refractivity (Wildman–Crippen MR) is 62.3 cm³/mol. The SMILES string of the molecule is ClCCC1CCN(c2ncccn2)CC1. The predicted octanol–water partition coefficient (Wildman–Crippen LogP) is 2.32. The zero-order chi connectivity index (χ0) is 10.5. The summed E-state index contributed by atoms with van der Waals surface area (Å²) in [5.41, 5.74) is 0. The van der Waals surface area contributed by atoms with Gasteiger partial charge in [0.25, 0.3) is 0 Å². The Morgan fingerprint density at radius 2 is 1.93 bits per heavy atom. The molecule has 1 aliphatic heterocycles. The van der Waals surface area contributed by atoms with E-state index in [2.05, 4.69) is 14.9 Å². The molecule has 1 aromatic heterocycles. The molecule has 0 bridgehead atoms. The van der Waals surface area contributed by atoms with Crippen LogP contribution in [0.5, 0.6) is 0 Å². The quantitative estimate of drug-likeness (QED) is 0.740. The van der Waals surface area contributed by atoms with Gasteiger partial charge in [0.1, 0.15) is 0 Å². The first-order chi connectivity index (χ1) is 7.40. The maximum atomic E-state index is 5.75. The van der Waals surface area contributed by atoms with E-state index in [4.69, 9.17) is 11.6 Å². The number of rotatable bonds is 3. The number of hydrogen-bond acceptors (Lipinski definition) is 3. The lowest BCUT2D eigenvalue weighted by Crippen LogP contribution is -2.34. The second kappa shape index (κ2) is 5.31. The van der Waals surface area contributed by atoms with Crippen molar-refractivity contribution in [2.24, 2.45) is 5.92 Å². The molecule has 15 heavy (non-hydrogen) atoms. The summed E-state index contributed by atoms with van der Waals surface area (Å²) < 4.78 is 0. The molecule has 0 saturated carbocycles. The Labute approximate surface area is 95.5 Å². The Morgan fingerprint density at radius 1 is 1.27 bits per heavy atom. The van der Waals surface area contributed by atoms with E-state index in [0.29, 0.717) is 0 Å². The summed E-state index contributed by atoms with van der Waals surface area (Å²) >= 11 is 5.75. The van der Waals surface area contributed by atoms with Gasteiger partial charge in [0.2, 0.25) is 5.95 Å². The molecule has 0 radical (unpaired) electrons. The van der Waals surface area contributed by atoms with E-state index in [-0.39, 0.29) is 0 Å². The maximum Gasteiger partial charge on any atom is 0.225 e. The van der Waals surface area contributed by atoms with Crippen molar-refractivity contribution in [1.29, 1.82) is 0 Å². The fourth-order valence-corrected chi connectivity index (χ4v) is 2.34. The number of piperidine rings is 1. The van der Waals surface area contributed by atoms with Crippen LogP contribution in [0.3, 0.4) is 0 Å². The molecule has 0 aliphatic carbocycles. The summed E-state index contributed by atoms with van der Waals surface area (Å²) in [7, 11) is 0. The van der Waals surface area contributed by atoms with Crippen molar-refractivity contribution in [3.8, 4) is 0 Å². The molecule has 0 unspecified atom stereocenters. The first-order valence-electron chi connectivity index (χ1n) is 5.48. The van der Waals surface area contributed by atoms with Crippen molar-refractivity contribution < 1.29 is 0 Å². The average Bonchev–Trinajstić information content (AvgIpc) is 2.32. The van der Waals surface area contributed by atoms with E-state index in [1.165, 1.54) is 12.8 Å². The van der Waals surface area contributed by atoms with Crippen LogP contribution in [-0.4, -0.2) is 28.9 Å². The molecule has 2 rings (SSSR count). The minimum Gasteiger partial charge on any atom is -0.341 e. The molecule has 1 fully saturated rings. The van der Waals surface area contributed by atoms with Gasteiger partial charge >= 0.3 is 0 Å². The van der Waals surface area contributed by atoms with Crippen LogP contribution in [0.2, 0.25) is 0 Å². The van der Waals surface area contributed by atoms with E-state index >= 15 is 0 Å². The van der Waals surface area contributed by atoms with Crippen molar-refractivity contribution in [3.05, 3.63) is 18.5 Å². The van der Waals surface area contributed by atoms with Crippen molar-refractivity contribution >= 4 is 17.5 Å². The standard InChI is InChI=1S/C11H16ClN3/c12-5-2-10-3-8-15(9-4-10)11-13-6-1-7-14-11/h1,6-7,10H,2-5,8-9H2. The highest BCUT2D eigenvalue weighted by Gasteiger charge is 2.19. The van der Waals surface area contributed by atoms with Gasteiger partial charge in [-0.25, -0.2) is 9.97 Å². The lowest BCUT2D eigenvalue weighted by Gasteiger charge is -2.31. The van der Waals surface area contributed by atoms with E-state index < -0.39 is 0 Å². The van der Waals surface area contributed by atoms with Gasteiger partial charge in [-0.1, -0.05) is 0 Å². The fraction of sp³-hybridized carbons (Fsp3) is 0.636. The minimum atomic E-state index is 0.784. The fourth-order valence-electron chi connectivity index (χ4n) is 2.03. The molecule has 1 aromatic rings. The van der Waals surface area contributed by atoms with Crippen LogP contribution < -0.4 is 4.90 Å². The molecule has 4 heteroatoms. The lowest BCUT2D eigenvalue weighted by atomic mass is 9.94. The number of alkyl halides is 1. The highest BCUT2D eigenvalue weighted by molar-refractivity contribution is 6.17.